The third kappa shape index (κ3) is 3.03. The Hall–Kier alpha value is -1.03. The van der Waals surface area contributed by atoms with Crippen LogP contribution >= 0.6 is 0 Å². The second-order valence-corrected chi connectivity index (χ2v) is 5.43. The molecule has 4 heteroatoms. The predicted octanol–water partition coefficient (Wildman–Crippen LogP) is 1.88. The molecule has 0 aliphatic rings. The minimum atomic E-state index is -3.14. The van der Waals surface area contributed by atoms with E-state index in [1.54, 1.807) is 18.2 Å². The molecule has 0 atom stereocenters. The van der Waals surface area contributed by atoms with Gasteiger partial charge in [0.1, 0.15) is 5.75 Å². The van der Waals surface area contributed by atoms with Gasteiger partial charge >= 0.3 is 0 Å². The first-order valence-electron chi connectivity index (χ1n) is 4.36. The SMILES string of the molecule is CC(C)Oc1cccc(S(C)(=O)=O)c1. The zero-order valence-electron chi connectivity index (χ0n) is 8.52. The van der Waals surface area contributed by atoms with Gasteiger partial charge in [-0.1, -0.05) is 6.07 Å². The van der Waals surface area contributed by atoms with Crippen LogP contribution in [0.2, 0.25) is 0 Å². The number of ether oxygens (including phenoxy) is 1. The highest BCUT2D eigenvalue weighted by Crippen LogP contribution is 2.18. The Morgan fingerprint density at radius 1 is 1.29 bits per heavy atom. The zero-order chi connectivity index (χ0) is 10.8. The molecule has 1 rings (SSSR count). The van der Waals surface area contributed by atoms with Crippen LogP contribution in [0.5, 0.6) is 5.75 Å². The Morgan fingerprint density at radius 2 is 1.93 bits per heavy atom. The highest BCUT2D eigenvalue weighted by molar-refractivity contribution is 7.90. The smallest absolute Gasteiger partial charge is 0.175 e. The highest BCUT2D eigenvalue weighted by atomic mass is 32.2. The Kier molecular flexibility index (Phi) is 3.16. The minimum Gasteiger partial charge on any atom is -0.491 e. The monoisotopic (exact) mass is 214 g/mol. The van der Waals surface area contributed by atoms with E-state index in [-0.39, 0.29) is 11.0 Å². The van der Waals surface area contributed by atoms with Gasteiger partial charge in [-0.05, 0) is 32.0 Å². The summed E-state index contributed by atoms with van der Waals surface area (Å²) >= 11 is 0. The fourth-order valence-electron chi connectivity index (χ4n) is 1.05. The van der Waals surface area contributed by atoms with Gasteiger partial charge in [-0.15, -0.1) is 0 Å². The topological polar surface area (TPSA) is 43.4 Å². The molecule has 0 N–H and O–H groups in total. The molecule has 0 saturated carbocycles. The van der Waals surface area contributed by atoms with Crippen molar-refractivity contribution in [1.82, 2.24) is 0 Å². The van der Waals surface area contributed by atoms with Crippen molar-refractivity contribution in [2.75, 3.05) is 6.26 Å². The van der Waals surface area contributed by atoms with Crippen LogP contribution in [-0.4, -0.2) is 20.8 Å². The Balaban J connectivity index is 3.02. The van der Waals surface area contributed by atoms with Crippen molar-refractivity contribution in [1.29, 1.82) is 0 Å². The van der Waals surface area contributed by atoms with E-state index >= 15 is 0 Å². The molecule has 0 saturated heterocycles. The van der Waals surface area contributed by atoms with Crippen molar-refractivity contribution in [3.05, 3.63) is 24.3 Å². The van der Waals surface area contributed by atoms with Crippen molar-refractivity contribution in [3.8, 4) is 5.75 Å². The molecule has 0 bridgehead atoms. The lowest BCUT2D eigenvalue weighted by Crippen LogP contribution is -2.06. The van der Waals surface area contributed by atoms with Gasteiger partial charge in [0, 0.05) is 6.26 Å². The molecule has 1 aromatic carbocycles. The average molecular weight is 214 g/mol. The van der Waals surface area contributed by atoms with Crippen LogP contribution in [0, 0.1) is 0 Å². The first-order valence-corrected chi connectivity index (χ1v) is 6.25. The lowest BCUT2D eigenvalue weighted by Gasteiger charge is -2.10. The number of hydrogen-bond donors (Lipinski definition) is 0. The lowest BCUT2D eigenvalue weighted by atomic mass is 10.3. The van der Waals surface area contributed by atoms with Gasteiger partial charge in [0.15, 0.2) is 9.84 Å². The standard InChI is InChI=1S/C10H14O3S/c1-8(2)13-9-5-4-6-10(7-9)14(3,11)12/h4-8H,1-3H3. The summed E-state index contributed by atoms with van der Waals surface area (Å²) in [6.45, 7) is 3.79. The van der Waals surface area contributed by atoms with E-state index in [2.05, 4.69) is 0 Å². The van der Waals surface area contributed by atoms with Crippen LogP contribution in [0.15, 0.2) is 29.2 Å². The second kappa shape index (κ2) is 4.00. The van der Waals surface area contributed by atoms with Crippen LogP contribution in [0.4, 0.5) is 0 Å². The predicted molar refractivity (Wildman–Crippen MR) is 55.3 cm³/mol. The van der Waals surface area contributed by atoms with Gasteiger partial charge in [-0.25, -0.2) is 8.42 Å². The average Bonchev–Trinajstić information content (AvgIpc) is 2.01. The van der Waals surface area contributed by atoms with Crippen molar-refractivity contribution < 1.29 is 13.2 Å². The summed E-state index contributed by atoms with van der Waals surface area (Å²) in [5, 5.41) is 0. The summed E-state index contributed by atoms with van der Waals surface area (Å²) in [7, 11) is -3.14. The molecule has 0 radical (unpaired) electrons. The second-order valence-electron chi connectivity index (χ2n) is 3.41. The van der Waals surface area contributed by atoms with Gasteiger partial charge < -0.3 is 4.74 Å². The molecule has 0 aliphatic carbocycles. The summed E-state index contributed by atoms with van der Waals surface area (Å²) in [5.41, 5.74) is 0. The van der Waals surface area contributed by atoms with Crippen LogP contribution in [-0.2, 0) is 9.84 Å². The molecule has 0 spiro atoms. The summed E-state index contributed by atoms with van der Waals surface area (Å²) in [6.07, 6.45) is 1.23. The third-order valence-electron chi connectivity index (χ3n) is 1.61. The van der Waals surface area contributed by atoms with E-state index in [1.165, 1.54) is 12.3 Å². The number of benzene rings is 1. The normalized spacial score (nSPS) is 11.7. The molecule has 0 fully saturated rings. The summed E-state index contributed by atoms with van der Waals surface area (Å²) in [6, 6.07) is 6.51. The molecular weight excluding hydrogens is 200 g/mol. The molecule has 1 aromatic rings. The number of hydrogen-bond acceptors (Lipinski definition) is 3. The Morgan fingerprint density at radius 3 is 2.43 bits per heavy atom. The maximum absolute atomic E-state index is 11.2. The molecule has 3 nitrogen and oxygen atoms in total. The fourth-order valence-corrected chi connectivity index (χ4v) is 1.71. The minimum absolute atomic E-state index is 0.0461. The molecule has 0 heterocycles. The largest absolute Gasteiger partial charge is 0.491 e. The third-order valence-corrected chi connectivity index (χ3v) is 2.72. The van der Waals surface area contributed by atoms with Crippen molar-refractivity contribution in [2.45, 2.75) is 24.8 Å². The van der Waals surface area contributed by atoms with Crippen LogP contribution < -0.4 is 4.74 Å². The molecule has 0 amide bonds. The molecule has 0 unspecified atom stereocenters. The van der Waals surface area contributed by atoms with Gasteiger partial charge in [-0.2, -0.15) is 0 Å². The van der Waals surface area contributed by atoms with E-state index in [4.69, 9.17) is 4.74 Å². The van der Waals surface area contributed by atoms with Gasteiger partial charge in [0.2, 0.25) is 0 Å². The van der Waals surface area contributed by atoms with Crippen LogP contribution in [0.1, 0.15) is 13.8 Å². The maximum atomic E-state index is 11.2. The van der Waals surface area contributed by atoms with Gasteiger partial charge in [0.25, 0.3) is 0 Å². The highest BCUT2D eigenvalue weighted by Gasteiger charge is 2.08. The van der Waals surface area contributed by atoms with E-state index in [9.17, 15) is 8.42 Å². The molecule has 14 heavy (non-hydrogen) atoms. The van der Waals surface area contributed by atoms with Gasteiger partial charge in [0.05, 0.1) is 11.0 Å². The maximum Gasteiger partial charge on any atom is 0.175 e. The van der Waals surface area contributed by atoms with E-state index in [1.807, 2.05) is 13.8 Å². The van der Waals surface area contributed by atoms with Crippen molar-refractivity contribution >= 4 is 9.84 Å². The molecular formula is C10H14O3S. The Bertz CT molecular complexity index is 407. The fraction of sp³-hybridized carbons (Fsp3) is 0.400. The van der Waals surface area contributed by atoms with Crippen LogP contribution in [0.3, 0.4) is 0 Å². The summed E-state index contributed by atoms with van der Waals surface area (Å²) in [4.78, 5) is 0.288. The quantitative estimate of drug-likeness (QED) is 0.771. The van der Waals surface area contributed by atoms with E-state index in [0.29, 0.717) is 5.75 Å². The molecule has 78 valence electrons. The van der Waals surface area contributed by atoms with Crippen molar-refractivity contribution in [2.24, 2.45) is 0 Å². The lowest BCUT2D eigenvalue weighted by molar-refractivity contribution is 0.242. The first-order chi connectivity index (χ1) is 6.39. The first kappa shape index (κ1) is 11.0. The molecule has 0 aromatic heterocycles. The van der Waals surface area contributed by atoms with Crippen LogP contribution in [0.25, 0.3) is 0 Å². The van der Waals surface area contributed by atoms with E-state index in [0.717, 1.165) is 0 Å². The Labute approximate surface area is 84.6 Å². The summed E-state index contributed by atoms with van der Waals surface area (Å²) < 4.78 is 27.8. The summed E-state index contributed by atoms with van der Waals surface area (Å²) in [5.74, 6) is 0.586. The zero-order valence-corrected chi connectivity index (χ0v) is 9.34. The van der Waals surface area contributed by atoms with E-state index < -0.39 is 9.84 Å². The van der Waals surface area contributed by atoms with Gasteiger partial charge in [-0.3, -0.25) is 0 Å². The number of sulfone groups is 1. The van der Waals surface area contributed by atoms with Crippen molar-refractivity contribution in [3.63, 3.8) is 0 Å². The molecule has 0 aliphatic heterocycles. The number of rotatable bonds is 3.